The zero-order valence-electron chi connectivity index (χ0n) is 11.5. The van der Waals surface area contributed by atoms with Crippen molar-refractivity contribution in [3.8, 4) is 0 Å². The Morgan fingerprint density at radius 3 is 2.35 bits per heavy atom. The quantitative estimate of drug-likeness (QED) is 0.886. The van der Waals surface area contributed by atoms with Gasteiger partial charge in [-0.05, 0) is 61.7 Å². The van der Waals surface area contributed by atoms with E-state index in [1.54, 1.807) is 4.68 Å². The summed E-state index contributed by atoms with van der Waals surface area (Å²) in [6.45, 7) is 0.799. The molecule has 0 saturated heterocycles. The van der Waals surface area contributed by atoms with Crippen LogP contribution in [-0.4, -0.2) is 20.9 Å². The maximum atomic E-state index is 11.0. The highest BCUT2D eigenvalue weighted by molar-refractivity contribution is 5.92. The molecule has 0 aromatic carbocycles. The van der Waals surface area contributed by atoms with Crippen LogP contribution >= 0.6 is 0 Å². The fourth-order valence-corrected chi connectivity index (χ4v) is 5.24. The van der Waals surface area contributed by atoms with Crippen LogP contribution < -0.4 is 5.73 Å². The van der Waals surface area contributed by atoms with Crippen LogP contribution in [0.15, 0.2) is 6.20 Å². The summed E-state index contributed by atoms with van der Waals surface area (Å²) in [5, 5.41) is 13.3. The fraction of sp³-hybridized carbons (Fsp3) is 0.733. The lowest BCUT2D eigenvalue weighted by molar-refractivity contribution is -0.0440. The van der Waals surface area contributed by atoms with Crippen LogP contribution in [-0.2, 0) is 6.54 Å². The molecule has 20 heavy (non-hydrogen) atoms. The fourth-order valence-electron chi connectivity index (χ4n) is 5.24. The normalized spacial score (nSPS) is 38.3. The van der Waals surface area contributed by atoms with E-state index in [2.05, 4.69) is 5.10 Å². The monoisotopic (exact) mass is 275 g/mol. The van der Waals surface area contributed by atoms with E-state index in [4.69, 9.17) is 10.8 Å². The third kappa shape index (κ3) is 1.75. The van der Waals surface area contributed by atoms with E-state index >= 15 is 0 Å². The molecule has 1 aromatic heterocycles. The van der Waals surface area contributed by atoms with Gasteiger partial charge < -0.3 is 10.8 Å². The molecule has 0 atom stereocenters. The van der Waals surface area contributed by atoms with Gasteiger partial charge in [0.25, 0.3) is 0 Å². The number of nitrogen functional groups attached to an aromatic ring is 1. The van der Waals surface area contributed by atoms with Gasteiger partial charge in [0.1, 0.15) is 11.4 Å². The molecule has 1 aromatic rings. The van der Waals surface area contributed by atoms with E-state index in [-0.39, 0.29) is 5.56 Å². The minimum Gasteiger partial charge on any atom is -0.477 e. The zero-order valence-corrected chi connectivity index (χ0v) is 11.5. The molecule has 3 N–H and O–H groups in total. The number of hydrogen-bond donors (Lipinski definition) is 2. The third-order valence-electron chi connectivity index (χ3n) is 5.92. The van der Waals surface area contributed by atoms with E-state index in [0.717, 1.165) is 30.2 Å². The highest BCUT2D eigenvalue weighted by Gasteiger charge is 2.48. The van der Waals surface area contributed by atoms with E-state index in [0.29, 0.717) is 11.7 Å². The number of rotatable bonds is 3. The first-order valence-corrected chi connectivity index (χ1v) is 7.66. The predicted octanol–water partition coefficient (Wildman–Crippen LogP) is 2.24. The molecule has 4 fully saturated rings. The van der Waals surface area contributed by atoms with Crippen molar-refractivity contribution < 1.29 is 9.90 Å². The van der Waals surface area contributed by atoms with E-state index in [9.17, 15) is 4.79 Å². The Morgan fingerprint density at radius 1 is 1.25 bits per heavy atom. The minimum atomic E-state index is -0.987. The Labute approximate surface area is 118 Å². The van der Waals surface area contributed by atoms with Crippen molar-refractivity contribution in [2.45, 2.75) is 38.6 Å². The summed E-state index contributed by atoms with van der Waals surface area (Å²) in [6.07, 6.45) is 8.30. The second-order valence-electron chi connectivity index (χ2n) is 7.03. The summed E-state index contributed by atoms with van der Waals surface area (Å²) in [5.74, 6) is 3.50. The summed E-state index contributed by atoms with van der Waals surface area (Å²) in [6, 6.07) is 0. The first-order valence-electron chi connectivity index (χ1n) is 7.66. The molecule has 0 amide bonds. The Morgan fingerprint density at radius 2 is 1.85 bits per heavy atom. The first kappa shape index (κ1) is 12.2. The topological polar surface area (TPSA) is 81.1 Å². The molecule has 0 radical (unpaired) electrons. The van der Waals surface area contributed by atoms with Crippen molar-refractivity contribution in [1.82, 2.24) is 9.78 Å². The second-order valence-corrected chi connectivity index (χ2v) is 7.03. The average Bonchev–Trinajstić information content (AvgIpc) is 2.74. The molecule has 1 heterocycles. The van der Waals surface area contributed by atoms with Crippen molar-refractivity contribution in [3.05, 3.63) is 11.8 Å². The molecule has 4 aliphatic carbocycles. The van der Waals surface area contributed by atoms with Crippen molar-refractivity contribution >= 4 is 11.8 Å². The summed E-state index contributed by atoms with van der Waals surface area (Å²) in [7, 11) is 0. The molecule has 0 spiro atoms. The van der Waals surface area contributed by atoms with Gasteiger partial charge in [-0.25, -0.2) is 9.48 Å². The van der Waals surface area contributed by atoms with Gasteiger partial charge in [0.15, 0.2) is 0 Å². The van der Waals surface area contributed by atoms with Crippen LogP contribution in [0.2, 0.25) is 0 Å². The van der Waals surface area contributed by atoms with Gasteiger partial charge in [-0.2, -0.15) is 5.10 Å². The number of anilines is 1. The number of carboxylic acid groups (broad SMARTS) is 1. The number of hydrogen-bond acceptors (Lipinski definition) is 3. The number of carboxylic acids is 1. The Hall–Kier alpha value is -1.52. The van der Waals surface area contributed by atoms with Gasteiger partial charge in [0.2, 0.25) is 0 Å². The minimum absolute atomic E-state index is 0.133. The maximum absolute atomic E-state index is 11.0. The maximum Gasteiger partial charge on any atom is 0.341 e. The number of aromatic nitrogens is 2. The van der Waals surface area contributed by atoms with Crippen molar-refractivity contribution in [2.75, 3.05) is 5.73 Å². The van der Waals surface area contributed by atoms with Crippen LogP contribution in [0, 0.1) is 29.6 Å². The number of nitrogens with two attached hydrogens (primary N) is 1. The van der Waals surface area contributed by atoms with Crippen LogP contribution in [0.3, 0.4) is 0 Å². The Balaban J connectivity index is 1.56. The molecule has 108 valence electrons. The smallest absolute Gasteiger partial charge is 0.341 e. The lowest BCUT2D eigenvalue weighted by atomic mass is 9.52. The predicted molar refractivity (Wildman–Crippen MR) is 74.1 cm³/mol. The van der Waals surface area contributed by atoms with Crippen LogP contribution in [0.5, 0.6) is 0 Å². The van der Waals surface area contributed by atoms with Gasteiger partial charge in [-0.1, -0.05) is 0 Å². The lowest BCUT2D eigenvalue weighted by Crippen LogP contribution is -2.46. The number of carbonyl (C=O) groups is 1. The molecule has 5 nitrogen and oxygen atoms in total. The Kier molecular flexibility index (Phi) is 2.59. The van der Waals surface area contributed by atoms with Crippen LogP contribution in [0.1, 0.15) is 42.5 Å². The molecule has 4 aliphatic rings. The lowest BCUT2D eigenvalue weighted by Gasteiger charge is -2.54. The highest BCUT2D eigenvalue weighted by atomic mass is 16.4. The molecule has 5 heteroatoms. The van der Waals surface area contributed by atoms with Gasteiger partial charge in [0, 0.05) is 6.54 Å². The first-order chi connectivity index (χ1) is 9.61. The molecule has 5 rings (SSSR count). The second kappa shape index (κ2) is 4.24. The van der Waals surface area contributed by atoms with Gasteiger partial charge >= 0.3 is 5.97 Å². The van der Waals surface area contributed by atoms with Crippen LogP contribution in [0.25, 0.3) is 0 Å². The molecule has 4 saturated carbocycles. The summed E-state index contributed by atoms with van der Waals surface area (Å²) in [4.78, 5) is 11.0. The standard InChI is InChI=1S/C15H21N3O2/c16-14-12(15(19)20)6-17-18(14)7-13-10-2-8-1-9(4-10)5-11(13)3-8/h6,8-11,13H,1-5,7,16H2,(H,19,20). The third-order valence-corrected chi connectivity index (χ3v) is 5.92. The molecule has 0 aliphatic heterocycles. The summed E-state index contributed by atoms with van der Waals surface area (Å²) in [5.41, 5.74) is 6.06. The van der Waals surface area contributed by atoms with Gasteiger partial charge in [-0.15, -0.1) is 0 Å². The average molecular weight is 275 g/mol. The van der Waals surface area contributed by atoms with E-state index in [1.165, 1.54) is 38.3 Å². The SMILES string of the molecule is Nc1c(C(=O)O)cnn1CC1C2CC3CC(C2)CC1C3. The van der Waals surface area contributed by atoms with Gasteiger partial charge in [0.05, 0.1) is 6.20 Å². The summed E-state index contributed by atoms with van der Waals surface area (Å²) >= 11 is 0. The molecular weight excluding hydrogens is 254 g/mol. The Bertz CT molecular complexity index is 523. The molecular formula is C15H21N3O2. The molecule has 0 unspecified atom stereocenters. The van der Waals surface area contributed by atoms with Crippen molar-refractivity contribution in [3.63, 3.8) is 0 Å². The number of aromatic carboxylic acids is 1. The van der Waals surface area contributed by atoms with Crippen LogP contribution in [0.4, 0.5) is 5.82 Å². The van der Waals surface area contributed by atoms with Gasteiger partial charge in [-0.3, -0.25) is 0 Å². The van der Waals surface area contributed by atoms with Crippen molar-refractivity contribution in [1.29, 1.82) is 0 Å². The van der Waals surface area contributed by atoms with E-state index < -0.39 is 5.97 Å². The van der Waals surface area contributed by atoms with Crippen molar-refractivity contribution in [2.24, 2.45) is 29.6 Å². The number of nitrogens with zero attached hydrogens (tertiary/aromatic N) is 2. The highest BCUT2D eigenvalue weighted by Crippen LogP contribution is 2.56. The van der Waals surface area contributed by atoms with E-state index in [1.807, 2.05) is 0 Å². The largest absolute Gasteiger partial charge is 0.477 e. The molecule has 4 bridgehead atoms. The summed E-state index contributed by atoms with van der Waals surface area (Å²) < 4.78 is 1.72. The zero-order chi connectivity index (χ0) is 13.9.